The van der Waals surface area contributed by atoms with Crippen molar-refractivity contribution >= 4 is 5.97 Å². The van der Waals surface area contributed by atoms with E-state index in [4.69, 9.17) is 14.6 Å². The summed E-state index contributed by atoms with van der Waals surface area (Å²) >= 11 is 0. The van der Waals surface area contributed by atoms with E-state index in [1.54, 1.807) is 7.11 Å². The molecule has 1 aliphatic rings. The third kappa shape index (κ3) is 4.35. The normalized spacial score (nSPS) is 21.0. The third-order valence-corrected chi connectivity index (χ3v) is 5.94. The molecule has 162 valence electrons. The minimum Gasteiger partial charge on any atom is -0.497 e. The van der Waals surface area contributed by atoms with Gasteiger partial charge >= 0.3 is 5.97 Å². The number of esters is 1. The summed E-state index contributed by atoms with van der Waals surface area (Å²) < 4.78 is 13.0. The molecule has 2 aromatic carbocycles. The van der Waals surface area contributed by atoms with Gasteiger partial charge in [0.2, 0.25) is 0 Å². The van der Waals surface area contributed by atoms with Crippen molar-refractivity contribution in [1.82, 2.24) is 9.78 Å². The topological polar surface area (TPSA) is 73.6 Å². The second kappa shape index (κ2) is 8.55. The molecular weight excluding hydrogens is 392 g/mol. The summed E-state index contributed by atoms with van der Waals surface area (Å²) in [5.74, 6) is 0.429. The molecule has 1 fully saturated rings. The van der Waals surface area contributed by atoms with E-state index in [1.165, 1.54) is 12.5 Å². The van der Waals surface area contributed by atoms with Crippen LogP contribution in [-0.2, 0) is 15.1 Å². The molecule has 0 atom stereocenters. The van der Waals surface area contributed by atoms with Crippen molar-refractivity contribution in [3.63, 3.8) is 0 Å². The lowest BCUT2D eigenvalue weighted by molar-refractivity contribution is -0.165. The molecule has 6 nitrogen and oxygen atoms in total. The predicted octanol–water partition coefficient (Wildman–Crippen LogP) is 4.55. The van der Waals surface area contributed by atoms with Gasteiger partial charge in [0.15, 0.2) is 5.60 Å². The first kappa shape index (κ1) is 21.1. The molecule has 0 aliphatic heterocycles. The molecule has 1 heterocycles. The molecule has 1 saturated carbocycles. The van der Waals surface area contributed by atoms with Gasteiger partial charge in [0.05, 0.1) is 24.6 Å². The van der Waals surface area contributed by atoms with Crippen LogP contribution in [0.25, 0.3) is 16.9 Å². The van der Waals surface area contributed by atoms with Gasteiger partial charge in [0, 0.05) is 12.5 Å². The number of rotatable bonds is 5. The number of benzene rings is 2. The first-order chi connectivity index (χ1) is 14.9. The van der Waals surface area contributed by atoms with Crippen LogP contribution in [0, 0.1) is 6.92 Å². The van der Waals surface area contributed by atoms with Gasteiger partial charge in [-0.25, -0.2) is 4.68 Å². The zero-order valence-electron chi connectivity index (χ0n) is 18.2. The fourth-order valence-corrected chi connectivity index (χ4v) is 4.21. The van der Waals surface area contributed by atoms with Crippen LogP contribution in [0.1, 0.15) is 43.9 Å². The molecule has 31 heavy (non-hydrogen) atoms. The summed E-state index contributed by atoms with van der Waals surface area (Å²) in [6.07, 6.45) is 1.86. The maximum atomic E-state index is 12.0. The second-order valence-corrected chi connectivity index (χ2v) is 8.21. The highest BCUT2D eigenvalue weighted by molar-refractivity contribution is 5.67. The van der Waals surface area contributed by atoms with Gasteiger partial charge in [-0.2, -0.15) is 5.10 Å². The van der Waals surface area contributed by atoms with Crippen molar-refractivity contribution in [2.45, 2.75) is 51.2 Å². The number of aliphatic hydroxyl groups excluding tert-OH is 1. The zero-order chi connectivity index (χ0) is 22.0. The molecule has 0 bridgehead atoms. The van der Waals surface area contributed by atoms with Gasteiger partial charge in [0.1, 0.15) is 11.4 Å². The number of aromatic nitrogens is 2. The molecule has 0 saturated heterocycles. The lowest BCUT2D eigenvalue weighted by Gasteiger charge is -2.36. The standard InChI is InChI=1S/C25H28N2O4/c1-17-4-6-19(7-5-17)23-16-24(25(31-18(2)28)14-12-21(29)13-15-25)26-27(23)20-8-10-22(30-3)11-9-20/h4-11,16,21,29H,12-15H2,1-3H3/t21-,25+. The first-order valence-corrected chi connectivity index (χ1v) is 10.6. The average Bonchev–Trinajstić information content (AvgIpc) is 3.22. The van der Waals surface area contributed by atoms with Crippen LogP contribution in [-0.4, -0.2) is 34.1 Å². The number of aliphatic hydroxyl groups is 1. The number of carbonyl (C=O) groups excluding carboxylic acids is 1. The van der Waals surface area contributed by atoms with Crippen molar-refractivity contribution in [3.05, 3.63) is 65.9 Å². The summed E-state index contributed by atoms with van der Waals surface area (Å²) in [4.78, 5) is 12.0. The van der Waals surface area contributed by atoms with E-state index >= 15 is 0 Å². The van der Waals surface area contributed by atoms with Crippen LogP contribution in [0.3, 0.4) is 0 Å². The highest BCUT2D eigenvalue weighted by atomic mass is 16.6. The lowest BCUT2D eigenvalue weighted by Crippen LogP contribution is -2.38. The Morgan fingerprint density at radius 2 is 1.74 bits per heavy atom. The molecule has 6 heteroatoms. The summed E-state index contributed by atoms with van der Waals surface area (Å²) in [6.45, 7) is 3.48. The van der Waals surface area contributed by atoms with Gasteiger partial charge in [-0.15, -0.1) is 0 Å². The second-order valence-electron chi connectivity index (χ2n) is 8.21. The minimum absolute atomic E-state index is 0.340. The third-order valence-electron chi connectivity index (χ3n) is 5.94. The molecule has 1 aromatic heterocycles. The van der Waals surface area contributed by atoms with Crippen LogP contribution < -0.4 is 4.74 Å². The molecule has 0 spiro atoms. The van der Waals surface area contributed by atoms with E-state index in [0.29, 0.717) is 31.4 Å². The predicted molar refractivity (Wildman–Crippen MR) is 118 cm³/mol. The largest absolute Gasteiger partial charge is 0.497 e. The van der Waals surface area contributed by atoms with E-state index in [1.807, 2.05) is 35.0 Å². The van der Waals surface area contributed by atoms with Crippen LogP contribution in [0.5, 0.6) is 5.75 Å². The van der Waals surface area contributed by atoms with Crippen LogP contribution in [0.2, 0.25) is 0 Å². The average molecular weight is 421 g/mol. The van der Waals surface area contributed by atoms with E-state index in [-0.39, 0.29) is 12.1 Å². The van der Waals surface area contributed by atoms with Crippen molar-refractivity contribution in [2.75, 3.05) is 7.11 Å². The smallest absolute Gasteiger partial charge is 0.303 e. The number of nitrogens with zero attached hydrogens (tertiary/aromatic N) is 2. The highest BCUT2D eigenvalue weighted by Gasteiger charge is 2.42. The fourth-order valence-electron chi connectivity index (χ4n) is 4.21. The van der Waals surface area contributed by atoms with Gasteiger partial charge in [-0.3, -0.25) is 4.79 Å². The van der Waals surface area contributed by atoms with E-state index in [2.05, 4.69) is 31.2 Å². The van der Waals surface area contributed by atoms with Crippen LogP contribution >= 0.6 is 0 Å². The molecule has 0 radical (unpaired) electrons. The quantitative estimate of drug-likeness (QED) is 0.613. The number of aryl methyl sites for hydroxylation is 1. The van der Waals surface area contributed by atoms with Crippen molar-refractivity contribution in [3.8, 4) is 22.7 Å². The number of methoxy groups -OCH3 is 1. The number of ether oxygens (including phenoxy) is 2. The molecular formula is C25H28N2O4. The molecule has 0 amide bonds. The number of hydrogen-bond donors (Lipinski definition) is 1. The van der Waals surface area contributed by atoms with Crippen LogP contribution in [0.4, 0.5) is 0 Å². The zero-order valence-corrected chi connectivity index (χ0v) is 18.2. The summed E-state index contributed by atoms with van der Waals surface area (Å²) in [7, 11) is 1.64. The Hall–Kier alpha value is -3.12. The Labute approximate surface area is 182 Å². The number of carbonyl (C=O) groups is 1. The van der Waals surface area contributed by atoms with Crippen molar-refractivity contribution in [1.29, 1.82) is 0 Å². The van der Waals surface area contributed by atoms with Crippen molar-refractivity contribution in [2.24, 2.45) is 0 Å². The Balaban J connectivity index is 1.85. The van der Waals surface area contributed by atoms with Gasteiger partial charge in [-0.05, 0) is 62.9 Å². The van der Waals surface area contributed by atoms with Gasteiger partial charge in [0.25, 0.3) is 0 Å². The van der Waals surface area contributed by atoms with Gasteiger partial charge < -0.3 is 14.6 Å². The maximum absolute atomic E-state index is 12.0. The summed E-state index contributed by atoms with van der Waals surface area (Å²) in [5.41, 5.74) is 3.88. The monoisotopic (exact) mass is 420 g/mol. The molecule has 1 N–H and O–H groups in total. The molecule has 3 aromatic rings. The molecule has 1 aliphatic carbocycles. The Bertz CT molecular complexity index is 1050. The maximum Gasteiger partial charge on any atom is 0.303 e. The summed E-state index contributed by atoms with van der Waals surface area (Å²) in [6, 6.07) is 18.0. The molecule has 0 unspecified atom stereocenters. The summed E-state index contributed by atoms with van der Waals surface area (Å²) in [5, 5.41) is 15.0. The minimum atomic E-state index is -0.831. The molecule has 4 rings (SSSR count). The Kier molecular flexibility index (Phi) is 5.83. The lowest BCUT2D eigenvalue weighted by atomic mass is 9.80. The van der Waals surface area contributed by atoms with Crippen LogP contribution in [0.15, 0.2) is 54.6 Å². The Morgan fingerprint density at radius 1 is 1.10 bits per heavy atom. The van der Waals surface area contributed by atoms with Crippen molar-refractivity contribution < 1.29 is 19.4 Å². The fraction of sp³-hybridized carbons (Fsp3) is 0.360. The van der Waals surface area contributed by atoms with E-state index in [9.17, 15) is 9.90 Å². The van der Waals surface area contributed by atoms with Gasteiger partial charge in [-0.1, -0.05) is 29.8 Å². The Morgan fingerprint density at radius 3 is 2.32 bits per heavy atom. The SMILES string of the molecule is COc1ccc(-n2nc([C@]3(OC(C)=O)CC[C@@H](O)CC3)cc2-c2ccc(C)cc2)cc1. The first-order valence-electron chi connectivity index (χ1n) is 10.6. The van der Waals surface area contributed by atoms with E-state index in [0.717, 1.165) is 22.7 Å². The highest BCUT2D eigenvalue weighted by Crippen LogP contribution is 2.42. The number of hydrogen-bond acceptors (Lipinski definition) is 5. The van der Waals surface area contributed by atoms with E-state index < -0.39 is 5.60 Å².